The molecule has 1 atom stereocenters. The van der Waals surface area contributed by atoms with Crippen molar-refractivity contribution in [1.82, 2.24) is 0 Å². The fourth-order valence-electron chi connectivity index (χ4n) is 1.97. The maximum atomic E-state index is 11.9. The molecule has 1 rings (SSSR count). The van der Waals surface area contributed by atoms with Gasteiger partial charge in [-0.1, -0.05) is 24.6 Å². The molecule has 0 heterocycles. The molecule has 0 aliphatic heterocycles. The molecule has 0 spiro atoms. The Hall–Kier alpha value is -1.07. The molecule has 2 N–H and O–H groups in total. The standard InChI is InChI=1S/C13H21NO3S/c1-9-5-11(3)13(12(4)6-9)14-18(16,17)8-10(2)7-15/h5-6,10,14-15H,7-8H2,1-4H3. The third-order valence-corrected chi connectivity index (χ3v) is 4.27. The van der Waals surface area contributed by atoms with Crippen LogP contribution in [0.25, 0.3) is 0 Å². The summed E-state index contributed by atoms with van der Waals surface area (Å²) in [6.07, 6.45) is 0. The van der Waals surface area contributed by atoms with Crippen LogP contribution in [0.3, 0.4) is 0 Å². The van der Waals surface area contributed by atoms with Crippen molar-refractivity contribution in [1.29, 1.82) is 0 Å². The second-order valence-electron chi connectivity index (χ2n) is 4.94. The molecule has 0 radical (unpaired) electrons. The topological polar surface area (TPSA) is 66.4 Å². The number of aliphatic hydroxyl groups excluding tert-OH is 1. The molecule has 18 heavy (non-hydrogen) atoms. The van der Waals surface area contributed by atoms with Crippen molar-refractivity contribution in [3.63, 3.8) is 0 Å². The molecule has 0 aliphatic rings. The molecule has 5 heteroatoms. The van der Waals surface area contributed by atoms with Gasteiger partial charge in [-0.3, -0.25) is 4.72 Å². The van der Waals surface area contributed by atoms with E-state index in [1.165, 1.54) is 0 Å². The van der Waals surface area contributed by atoms with Crippen molar-refractivity contribution in [2.45, 2.75) is 27.7 Å². The van der Waals surface area contributed by atoms with E-state index >= 15 is 0 Å². The molecule has 1 aromatic rings. The van der Waals surface area contributed by atoms with Gasteiger partial charge in [-0.2, -0.15) is 0 Å². The number of aryl methyl sites for hydroxylation is 3. The lowest BCUT2D eigenvalue weighted by molar-refractivity contribution is 0.249. The third-order valence-electron chi connectivity index (χ3n) is 2.75. The van der Waals surface area contributed by atoms with E-state index in [0.29, 0.717) is 5.69 Å². The number of hydrogen-bond acceptors (Lipinski definition) is 3. The minimum absolute atomic E-state index is 0.0732. The monoisotopic (exact) mass is 271 g/mol. The van der Waals surface area contributed by atoms with Crippen LogP contribution in [-0.2, 0) is 10.0 Å². The Bertz CT molecular complexity index is 500. The van der Waals surface area contributed by atoms with Crippen LogP contribution in [0.5, 0.6) is 0 Å². The Balaban J connectivity index is 2.98. The first-order valence-corrected chi connectivity index (χ1v) is 7.59. The maximum absolute atomic E-state index is 11.9. The average Bonchev–Trinajstić information content (AvgIpc) is 2.22. The molecule has 1 aromatic carbocycles. The fraction of sp³-hybridized carbons (Fsp3) is 0.538. The molecule has 1 unspecified atom stereocenters. The minimum Gasteiger partial charge on any atom is -0.396 e. The van der Waals surface area contributed by atoms with Gasteiger partial charge >= 0.3 is 0 Å². The highest BCUT2D eigenvalue weighted by molar-refractivity contribution is 7.92. The molecule has 0 amide bonds. The van der Waals surface area contributed by atoms with Crippen LogP contribution in [0.15, 0.2) is 12.1 Å². The summed E-state index contributed by atoms with van der Waals surface area (Å²) in [6, 6.07) is 3.89. The van der Waals surface area contributed by atoms with Gasteiger partial charge in [0.1, 0.15) is 0 Å². The Morgan fingerprint density at radius 2 is 1.72 bits per heavy atom. The van der Waals surface area contributed by atoms with Crippen molar-refractivity contribution in [2.24, 2.45) is 5.92 Å². The van der Waals surface area contributed by atoms with E-state index in [1.54, 1.807) is 6.92 Å². The smallest absolute Gasteiger partial charge is 0.233 e. The quantitative estimate of drug-likeness (QED) is 0.860. The highest BCUT2D eigenvalue weighted by atomic mass is 32.2. The highest BCUT2D eigenvalue weighted by Gasteiger charge is 2.17. The predicted octanol–water partition coefficient (Wildman–Crippen LogP) is 1.98. The second-order valence-corrected chi connectivity index (χ2v) is 6.71. The lowest BCUT2D eigenvalue weighted by Gasteiger charge is -2.15. The molecular formula is C13H21NO3S. The molecule has 0 saturated heterocycles. The van der Waals surface area contributed by atoms with E-state index in [9.17, 15) is 8.42 Å². The van der Waals surface area contributed by atoms with Gasteiger partial charge in [-0.25, -0.2) is 8.42 Å². The molecular weight excluding hydrogens is 250 g/mol. The van der Waals surface area contributed by atoms with Crippen LogP contribution < -0.4 is 4.72 Å². The van der Waals surface area contributed by atoms with Crippen LogP contribution in [-0.4, -0.2) is 25.9 Å². The largest absolute Gasteiger partial charge is 0.396 e. The number of hydrogen-bond donors (Lipinski definition) is 2. The summed E-state index contributed by atoms with van der Waals surface area (Å²) in [4.78, 5) is 0. The van der Waals surface area contributed by atoms with Gasteiger partial charge in [0, 0.05) is 6.61 Å². The molecule has 0 saturated carbocycles. The first-order valence-electron chi connectivity index (χ1n) is 5.94. The van der Waals surface area contributed by atoms with Crippen molar-refractivity contribution in [2.75, 3.05) is 17.1 Å². The first kappa shape index (κ1) is 15.0. The predicted molar refractivity (Wildman–Crippen MR) is 74.3 cm³/mol. The summed E-state index contributed by atoms with van der Waals surface area (Å²) >= 11 is 0. The normalized spacial score (nSPS) is 13.4. The Morgan fingerprint density at radius 1 is 1.22 bits per heavy atom. The number of aliphatic hydroxyl groups is 1. The van der Waals surface area contributed by atoms with E-state index in [-0.39, 0.29) is 18.3 Å². The number of rotatable bonds is 5. The average molecular weight is 271 g/mol. The van der Waals surface area contributed by atoms with E-state index in [4.69, 9.17) is 5.11 Å². The van der Waals surface area contributed by atoms with E-state index in [2.05, 4.69) is 4.72 Å². The zero-order valence-electron chi connectivity index (χ0n) is 11.3. The van der Waals surface area contributed by atoms with Gasteiger partial charge < -0.3 is 5.11 Å². The van der Waals surface area contributed by atoms with Crippen molar-refractivity contribution in [3.05, 3.63) is 28.8 Å². The van der Waals surface area contributed by atoms with Crippen LogP contribution in [0.4, 0.5) is 5.69 Å². The lowest BCUT2D eigenvalue weighted by Crippen LogP contribution is -2.23. The van der Waals surface area contributed by atoms with Crippen LogP contribution in [0, 0.1) is 26.7 Å². The molecule has 0 fully saturated rings. The number of sulfonamides is 1. The fourth-order valence-corrected chi connectivity index (χ4v) is 3.54. The summed E-state index contributed by atoms with van der Waals surface area (Å²) in [5.74, 6) is -0.343. The summed E-state index contributed by atoms with van der Waals surface area (Å²) in [5.41, 5.74) is 3.57. The second kappa shape index (κ2) is 5.71. The maximum Gasteiger partial charge on any atom is 0.233 e. The molecule has 0 aliphatic carbocycles. The first-order chi connectivity index (χ1) is 8.25. The molecule has 4 nitrogen and oxygen atoms in total. The molecule has 0 bridgehead atoms. The molecule has 0 aromatic heterocycles. The van der Waals surface area contributed by atoms with Crippen LogP contribution in [0.2, 0.25) is 0 Å². The summed E-state index contributed by atoms with van der Waals surface area (Å²) in [6.45, 7) is 7.31. The molecule has 102 valence electrons. The van der Waals surface area contributed by atoms with Gasteiger partial charge in [0.05, 0.1) is 11.4 Å². The summed E-state index contributed by atoms with van der Waals surface area (Å²) in [7, 11) is -3.41. The van der Waals surface area contributed by atoms with E-state index < -0.39 is 10.0 Å². The number of benzene rings is 1. The Kier molecular flexibility index (Phi) is 4.76. The SMILES string of the molecule is Cc1cc(C)c(NS(=O)(=O)CC(C)CO)c(C)c1. The van der Waals surface area contributed by atoms with Crippen LogP contribution >= 0.6 is 0 Å². The minimum atomic E-state index is -3.41. The Morgan fingerprint density at radius 3 is 2.17 bits per heavy atom. The van der Waals surface area contributed by atoms with Gasteiger partial charge in [0.15, 0.2) is 0 Å². The van der Waals surface area contributed by atoms with Crippen molar-refractivity contribution >= 4 is 15.7 Å². The summed E-state index contributed by atoms with van der Waals surface area (Å²) < 4.78 is 26.5. The lowest BCUT2D eigenvalue weighted by atomic mass is 10.1. The third kappa shape index (κ3) is 3.99. The van der Waals surface area contributed by atoms with Crippen molar-refractivity contribution in [3.8, 4) is 0 Å². The number of anilines is 1. The van der Waals surface area contributed by atoms with Gasteiger partial charge in [-0.15, -0.1) is 0 Å². The van der Waals surface area contributed by atoms with Gasteiger partial charge in [0.2, 0.25) is 10.0 Å². The van der Waals surface area contributed by atoms with Crippen molar-refractivity contribution < 1.29 is 13.5 Å². The van der Waals surface area contributed by atoms with Gasteiger partial charge in [0.25, 0.3) is 0 Å². The highest BCUT2D eigenvalue weighted by Crippen LogP contribution is 2.23. The Labute approximate surface area is 109 Å². The zero-order valence-corrected chi connectivity index (χ0v) is 12.1. The number of nitrogens with one attached hydrogen (secondary N) is 1. The summed E-state index contributed by atoms with van der Waals surface area (Å²) in [5, 5.41) is 8.92. The van der Waals surface area contributed by atoms with E-state index in [0.717, 1.165) is 16.7 Å². The van der Waals surface area contributed by atoms with E-state index in [1.807, 2.05) is 32.9 Å². The van der Waals surface area contributed by atoms with Crippen LogP contribution in [0.1, 0.15) is 23.6 Å². The zero-order chi connectivity index (χ0) is 13.9. The van der Waals surface area contributed by atoms with Gasteiger partial charge in [-0.05, 0) is 37.8 Å².